The van der Waals surface area contributed by atoms with E-state index in [0.717, 1.165) is 39.5 Å². The van der Waals surface area contributed by atoms with Crippen molar-refractivity contribution in [1.29, 1.82) is 0 Å². The van der Waals surface area contributed by atoms with Gasteiger partial charge in [0.2, 0.25) is 0 Å². The van der Waals surface area contributed by atoms with Crippen molar-refractivity contribution in [1.82, 2.24) is 10.3 Å². The Balaban J connectivity index is 1.60. The number of ether oxygens (including phenoxy) is 1. The molecule has 0 bridgehead atoms. The first-order valence-corrected chi connectivity index (χ1v) is 8.53. The first-order valence-electron chi connectivity index (χ1n) is 7.72. The largest absolute Gasteiger partial charge is 0.489 e. The Hall–Kier alpha value is -2.99. The quantitative estimate of drug-likeness (QED) is 0.696. The van der Waals surface area contributed by atoms with Gasteiger partial charge in [-0.2, -0.15) is 0 Å². The van der Waals surface area contributed by atoms with E-state index in [1.54, 1.807) is 6.08 Å². The molecular weight excluding hydrogens is 336 g/mol. The molecule has 1 aliphatic rings. The van der Waals surface area contributed by atoms with Gasteiger partial charge in [0.1, 0.15) is 12.4 Å². The number of aromatic nitrogens is 1. The van der Waals surface area contributed by atoms with Gasteiger partial charge in [-0.1, -0.05) is 30.3 Å². The van der Waals surface area contributed by atoms with E-state index in [1.807, 2.05) is 54.7 Å². The maximum absolute atomic E-state index is 11.7. The van der Waals surface area contributed by atoms with Gasteiger partial charge in [0.05, 0.1) is 4.91 Å². The summed E-state index contributed by atoms with van der Waals surface area (Å²) in [7, 11) is 0. The number of imide groups is 1. The number of thioether (sulfide) groups is 1. The average Bonchev–Trinajstić information content (AvgIpc) is 3.17. The van der Waals surface area contributed by atoms with Crippen molar-refractivity contribution in [3.05, 3.63) is 70.8 Å². The van der Waals surface area contributed by atoms with Crippen molar-refractivity contribution in [3.63, 3.8) is 0 Å². The average molecular weight is 350 g/mol. The highest BCUT2D eigenvalue weighted by atomic mass is 32.2. The highest BCUT2D eigenvalue weighted by Crippen LogP contribution is 2.30. The Bertz CT molecular complexity index is 992. The standard InChI is InChI=1S/C19H14N2O3S/c22-18-17(25-19(23)21-18)8-13-10-20-16-7-6-14(9-15(13)16)24-11-12-4-2-1-3-5-12/h1-10,20H,11H2,(H,21,22,23)/b17-8+. The van der Waals surface area contributed by atoms with Crippen LogP contribution in [0, 0.1) is 0 Å². The Morgan fingerprint density at radius 2 is 1.92 bits per heavy atom. The molecule has 0 saturated carbocycles. The first kappa shape index (κ1) is 15.5. The van der Waals surface area contributed by atoms with Crippen LogP contribution in [0.3, 0.4) is 0 Å². The van der Waals surface area contributed by atoms with Crippen molar-refractivity contribution in [2.24, 2.45) is 0 Å². The van der Waals surface area contributed by atoms with Crippen LogP contribution in [0.1, 0.15) is 11.1 Å². The van der Waals surface area contributed by atoms with Crippen LogP contribution in [0.4, 0.5) is 4.79 Å². The van der Waals surface area contributed by atoms with Gasteiger partial charge in [0, 0.05) is 22.7 Å². The van der Waals surface area contributed by atoms with Crippen LogP contribution in [0.5, 0.6) is 5.75 Å². The number of H-pyrrole nitrogens is 1. The number of rotatable bonds is 4. The third-order valence-corrected chi connectivity index (χ3v) is 4.67. The van der Waals surface area contributed by atoms with Crippen LogP contribution in [0.2, 0.25) is 0 Å². The van der Waals surface area contributed by atoms with E-state index in [2.05, 4.69) is 10.3 Å². The summed E-state index contributed by atoms with van der Waals surface area (Å²) >= 11 is 0.909. The zero-order chi connectivity index (χ0) is 17.2. The second-order valence-electron chi connectivity index (χ2n) is 5.58. The second-order valence-corrected chi connectivity index (χ2v) is 6.59. The molecule has 0 unspecified atom stereocenters. The number of hydrogen-bond acceptors (Lipinski definition) is 4. The zero-order valence-electron chi connectivity index (χ0n) is 13.1. The Kier molecular flexibility index (Phi) is 4.03. The van der Waals surface area contributed by atoms with Gasteiger partial charge in [0.15, 0.2) is 0 Å². The van der Waals surface area contributed by atoms with Crippen LogP contribution in [0.15, 0.2) is 59.6 Å². The van der Waals surface area contributed by atoms with Crippen LogP contribution >= 0.6 is 11.8 Å². The van der Waals surface area contributed by atoms with E-state index in [-0.39, 0.29) is 11.1 Å². The highest BCUT2D eigenvalue weighted by Gasteiger charge is 2.25. The summed E-state index contributed by atoms with van der Waals surface area (Å²) in [5.41, 5.74) is 2.87. The molecule has 3 aromatic rings. The summed E-state index contributed by atoms with van der Waals surface area (Å²) in [6.45, 7) is 0.486. The van der Waals surface area contributed by atoms with Gasteiger partial charge in [-0.25, -0.2) is 0 Å². The molecule has 1 aliphatic heterocycles. The number of aromatic amines is 1. The lowest BCUT2D eigenvalue weighted by Crippen LogP contribution is -2.17. The topological polar surface area (TPSA) is 71.2 Å². The fraction of sp³-hybridized carbons (Fsp3) is 0.0526. The van der Waals surface area contributed by atoms with Crippen LogP contribution in [-0.2, 0) is 11.4 Å². The molecule has 1 aromatic heterocycles. The molecule has 0 radical (unpaired) electrons. The number of nitrogens with one attached hydrogen (secondary N) is 2. The molecule has 2 aromatic carbocycles. The molecule has 0 aliphatic carbocycles. The summed E-state index contributed by atoms with van der Waals surface area (Å²) in [6.07, 6.45) is 3.53. The van der Waals surface area contributed by atoms with Crippen LogP contribution < -0.4 is 10.1 Å². The molecule has 0 atom stereocenters. The van der Waals surface area contributed by atoms with Gasteiger partial charge in [-0.05, 0) is 41.6 Å². The smallest absolute Gasteiger partial charge is 0.290 e. The zero-order valence-corrected chi connectivity index (χ0v) is 13.9. The molecule has 6 heteroatoms. The van der Waals surface area contributed by atoms with E-state index >= 15 is 0 Å². The minimum Gasteiger partial charge on any atom is -0.489 e. The number of carbonyl (C=O) groups excluding carboxylic acids is 2. The Morgan fingerprint density at radius 1 is 1.08 bits per heavy atom. The molecule has 2 heterocycles. The summed E-state index contributed by atoms with van der Waals surface area (Å²) in [5, 5.41) is 2.85. The van der Waals surface area contributed by atoms with E-state index in [4.69, 9.17) is 4.74 Å². The minimum absolute atomic E-state index is 0.344. The summed E-state index contributed by atoms with van der Waals surface area (Å²) in [4.78, 5) is 26.6. The number of amides is 2. The van der Waals surface area contributed by atoms with Crippen molar-refractivity contribution in [3.8, 4) is 5.75 Å². The summed E-state index contributed by atoms with van der Waals surface area (Å²) in [5.74, 6) is 0.385. The second kappa shape index (κ2) is 6.49. The van der Waals surface area contributed by atoms with E-state index in [1.165, 1.54) is 0 Å². The molecule has 4 rings (SSSR count). The molecule has 2 N–H and O–H groups in total. The van der Waals surface area contributed by atoms with E-state index < -0.39 is 0 Å². The molecule has 25 heavy (non-hydrogen) atoms. The molecule has 5 nitrogen and oxygen atoms in total. The van der Waals surface area contributed by atoms with Crippen LogP contribution in [0.25, 0.3) is 17.0 Å². The first-order chi connectivity index (χ1) is 12.2. The fourth-order valence-electron chi connectivity index (χ4n) is 2.63. The number of carbonyl (C=O) groups is 2. The molecule has 124 valence electrons. The van der Waals surface area contributed by atoms with Gasteiger partial charge in [-0.3, -0.25) is 14.9 Å². The SMILES string of the molecule is O=C1NC(=O)/C(=C\c2c[nH]c3ccc(OCc4ccccc4)cc23)S1. The van der Waals surface area contributed by atoms with E-state index in [9.17, 15) is 9.59 Å². The lowest BCUT2D eigenvalue weighted by atomic mass is 10.1. The molecule has 1 fully saturated rings. The van der Waals surface area contributed by atoms with Crippen molar-refractivity contribution >= 4 is 39.9 Å². The van der Waals surface area contributed by atoms with Crippen molar-refractivity contribution in [2.45, 2.75) is 6.61 Å². The molecule has 2 amide bonds. The summed E-state index contributed by atoms with van der Waals surface area (Å²) in [6, 6.07) is 15.7. The lowest BCUT2D eigenvalue weighted by molar-refractivity contribution is -0.115. The van der Waals surface area contributed by atoms with Crippen molar-refractivity contribution in [2.75, 3.05) is 0 Å². The predicted molar refractivity (Wildman–Crippen MR) is 98.2 cm³/mol. The fourth-order valence-corrected chi connectivity index (χ4v) is 3.31. The Morgan fingerprint density at radius 3 is 2.68 bits per heavy atom. The molecule has 1 saturated heterocycles. The summed E-state index contributed by atoms with van der Waals surface area (Å²) < 4.78 is 5.86. The predicted octanol–water partition coefficient (Wildman–Crippen LogP) is 4.07. The maximum Gasteiger partial charge on any atom is 0.290 e. The maximum atomic E-state index is 11.7. The van der Waals surface area contributed by atoms with Gasteiger partial charge in [0.25, 0.3) is 11.1 Å². The van der Waals surface area contributed by atoms with E-state index in [0.29, 0.717) is 11.5 Å². The molecule has 0 spiro atoms. The third kappa shape index (κ3) is 3.29. The minimum atomic E-state index is -0.360. The Labute approximate surface area is 148 Å². The number of benzene rings is 2. The van der Waals surface area contributed by atoms with Crippen molar-refractivity contribution < 1.29 is 14.3 Å². The van der Waals surface area contributed by atoms with Gasteiger partial charge in [-0.15, -0.1) is 0 Å². The van der Waals surface area contributed by atoms with Gasteiger partial charge >= 0.3 is 0 Å². The normalized spacial score (nSPS) is 15.8. The third-order valence-electron chi connectivity index (χ3n) is 3.86. The van der Waals surface area contributed by atoms with Crippen LogP contribution in [-0.4, -0.2) is 16.1 Å². The number of fused-ring (bicyclic) bond motifs is 1. The monoisotopic (exact) mass is 350 g/mol. The molecular formula is C19H14N2O3S. The van der Waals surface area contributed by atoms with Gasteiger partial charge < -0.3 is 9.72 Å². The highest BCUT2D eigenvalue weighted by molar-refractivity contribution is 8.18. The lowest BCUT2D eigenvalue weighted by Gasteiger charge is -2.06. The number of hydrogen-bond donors (Lipinski definition) is 2.